The summed E-state index contributed by atoms with van der Waals surface area (Å²) in [4.78, 5) is 49.4. The third-order valence-electron chi connectivity index (χ3n) is 6.67. The Kier molecular flexibility index (Phi) is 6.02. The molecule has 2 unspecified atom stereocenters. The van der Waals surface area contributed by atoms with Gasteiger partial charge in [-0.05, 0) is 80.0 Å². The SMILES string of the molecule is CC(NC(=O)Nc1ccc2c(c1)CCCC2)c1ccc2nnn(C3CCC(=O)NC3=O)c(=O)c2c1. The molecule has 1 aliphatic carbocycles. The van der Waals surface area contributed by atoms with Gasteiger partial charge >= 0.3 is 6.03 Å². The number of rotatable bonds is 4. The molecule has 1 saturated heterocycles. The maximum absolute atomic E-state index is 13.1. The van der Waals surface area contributed by atoms with E-state index in [1.54, 1.807) is 18.2 Å². The summed E-state index contributed by atoms with van der Waals surface area (Å²) in [5, 5.41) is 16.3. The minimum absolute atomic E-state index is 0.128. The van der Waals surface area contributed by atoms with Crippen molar-refractivity contribution in [2.75, 3.05) is 5.32 Å². The second-order valence-electron chi connectivity index (χ2n) is 9.09. The van der Waals surface area contributed by atoms with E-state index in [9.17, 15) is 19.2 Å². The molecule has 1 aromatic heterocycles. The summed E-state index contributed by atoms with van der Waals surface area (Å²) in [5.74, 6) is -0.939. The number of hydrogen-bond donors (Lipinski definition) is 3. The van der Waals surface area contributed by atoms with Gasteiger partial charge in [0.05, 0.1) is 11.4 Å². The number of hydrogen-bond acceptors (Lipinski definition) is 6. The number of fused-ring (bicyclic) bond motifs is 2. The lowest BCUT2D eigenvalue weighted by molar-refractivity contribution is -0.136. The van der Waals surface area contributed by atoms with Gasteiger partial charge in [0.1, 0.15) is 11.6 Å². The average Bonchev–Trinajstić information content (AvgIpc) is 2.84. The molecule has 2 aliphatic rings. The molecule has 4 amide bonds. The number of nitrogens with one attached hydrogen (secondary N) is 3. The number of carbonyl (C=O) groups is 3. The maximum Gasteiger partial charge on any atom is 0.319 e. The van der Waals surface area contributed by atoms with E-state index in [0.29, 0.717) is 11.1 Å². The molecule has 0 saturated carbocycles. The zero-order chi connectivity index (χ0) is 24.5. The van der Waals surface area contributed by atoms with Crippen LogP contribution in [-0.4, -0.2) is 32.8 Å². The van der Waals surface area contributed by atoms with E-state index in [1.165, 1.54) is 17.5 Å². The van der Waals surface area contributed by atoms with Crippen LogP contribution in [0.2, 0.25) is 0 Å². The molecule has 1 fully saturated rings. The van der Waals surface area contributed by atoms with E-state index >= 15 is 0 Å². The molecule has 2 aromatic carbocycles. The van der Waals surface area contributed by atoms with Gasteiger partial charge in [0, 0.05) is 12.1 Å². The zero-order valence-corrected chi connectivity index (χ0v) is 19.3. The molecule has 2 atom stereocenters. The van der Waals surface area contributed by atoms with Crippen LogP contribution in [0.1, 0.15) is 61.4 Å². The molecule has 3 N–H and O–H groups in total. The van der Waals surface area contributed by atoms with Crippen molar-refractivity contribution in [3.8, 4) is 0 Å². The maximum atomic E-state index is 13.1. The first-order valence-corrected chi connectivity index (χ1v) is 11.8. The van der Waals surface area contributed by atoms with Crippen molar-refractivity contribution in [1.29, 1.82) is 0 Å². The minimum atomic E-state index is -0.890. The summed E-state index contributed by atoms with van der Waals surface area (Å²) in [6, 6.07) is 9.48. The molecule has 10 nitrogen and oxygen atoms in total. The Hall–Kier alpha value is -4.08. The molecule has 1 aliphatic heterocycles. The number of anilines is 1. The van der Waals surface area contributed by atoms with Crippen LogP contribution in [0, 0.1) is 0 Å². The molecule has 35 heavy (non-hydrogen) atoms. The number of aromatic nitrogens is 3. The van der Waals surface area contributed by atoms with E-state index < -0.39 is 23.6 Å². The Morgan fingerprint density at radius 1 is 1.06 bits per heavy atom. The van der Waals surface area contributed by atoms with Crippen LogP contribution < -0.4 is 21.5 Å². The van der Waals surface area contributed by atoms with Crippen molar-refractivity contribution in [3.05, 3.63) is 63.4 Å². The molecule has 3 aromatic rings. The van der Waals surface area contributed by atoms with Gasteiger partial charge in [0.2, 0.25) is 5.91 Å². The largest absolute Gasteiger partial charge is 0.331 e. The molecule has 0 bridgehead atoms. The van der Waals surface area contributed by atoms with Gasteiger partial charge in [-0.3, -0.25) is 19.7 Å². The summed E-state index contributed by atoms with van der Waals surface area (Å²) < 4.78 is 1.02. The number of amides is 4. The smallest absolute Gasteiger partial charge is 0.319 e. The van der Waals surface area contributed by atoms with E-state index in [1.807, 2.05) is 19.1 Å². The number of imide groups is 1. The number of piperidine rings is 1. The van der Waals surface area contributed by atoms with Crippen LogP contribution in [0.3, 0.4) is 0 Å². The lowest BCUT2D eigenvalue weighted by Gasteiger charge is -2.21. The fourth-order valence-corrected chi connectivity index (χ4v) is 4.72. The molecule has 0 spiro atoms. The Balaban J connectivity index is 1.33. The van der Waals surface area contributed by atoms with Crippen LogP contribution in [0.4, 0.5) is 10.5 Å². The fourth-order valence-electron chi connectivity index (χ4n) is 4.72. The van der Waals surface area contributed by atoms with Crippen molar-refractivity contribution in [1.82, 2.24) is 25.6 Å². The highest BCUT2D eigenvalue weighted by atomic mass is 16.2. The van der Waals surface area contributed by atoms with Crippen LogP contribution in [-0.2, 0) is 22.4 Å². The minimum Gasteiger partial charge on any atom is -0.331 e. The summed E-state index contributed by atoms with van der Waals surface area (Å²) in [5.41, 5.74) is 3.99. The molecule has 10 heteroatoms. The van der Waals surface area contributed by atoms with Gasteiger partial charge < -0.3 is 10.6 Å². The van der Waals surface area contributed by atoms with Crippen molar-refractivity contribution in [2.45, 2.75) is 57.5 Å². The normalized spacial score (nSPS) is 18.5. The van der Waals surface area contributed by atoms with Gasteiger partial charge in [0.25, 0.3) is 11.5 Å². The van der Waals surface area contributed by atoms with Gasteiger partial charge in [0.15, 0.2) is 0 Å². The summed E-state index contributed by atoms with van der Waals surface area (Å²) >= 11 is 0. The van der Waals surface area contributed by atoms with E-state index in [4.69, 9.17) is 0 Å². The predicted molar refractivity (Wildman–Crippen MR) is 129 cm³/mol. The number of carbonyl (C=O) groups excluding carboxylic acids is 3. The summed E-state index contributed by atoms with van der Waals surface area (Å²) in [6.07, 6.45) is 4.79. The number of benzene rings is 2. The van der Waals surface area contributed by atoms with Gasteiger partial charge in [-0.2, -0.15) is 4.68 Å². The fraction of sp³-hybridized carbons (Fsp3) is 0.360. The van der Waals surface area contributed by atoms with Crippen molar-refractivity contribution in [2.24, 2.45) is 0 Å². The van der Waals surface area contributed by atoms with Crippen LogP contribution in [0.15, 0.2) is 41.2 Å². The Morgan fingerprint density at radius 3 is 2.66 bits per heavy atom. The predicted octanol–water partition coefficient (Wildman–Crippen LogP) is 2.53. The Bertz CT molecular complexity index is 1400. The number of aryl methyl sites for hydroxylation is 2. The van der Waals surface area contributed by atoms with Crippen LogP contribution in [0.5, 0.6) is 0 Å². The molecule has 2 heterocycles. The summed E-state index contributed by atoms with van der Waals surface area (Å²) in [6.45, 7) is 1.82. The highest BCUT2D eigenvalue weighted by Crippen LogP contribution is 2.24. The molecule has 0 radical (unpaired) electrons. The van der Waals surface area contributed by atoms with Gasteiger partial charge in [-0.15, -0.1) is 5.10 Å². The second kappa shape index (κ2) is 9.28. The molecular weight excluding hydrogens is 448 g/mol. The van der Waals surface area contributed by atoms with Crippen LogP contribution in [0.25, 0.3) is 10.9 Å². The Labute approximate surface area is 201 Å². The topological polar surface area (TPSA) is 135 Å². The summed E-state index contributed by atoms with van der Waals surface area (Å²) in [7, 11) is 0. The standard InChI is InChI=1S/C25H26N6O4/c1-14(26-25(35)27-18-8-6-15-4-2-3-5-17(15)12-18)16-7-9-20-19(13-16)24(34)31(30-29-20)21-10-11-22(32)28-23(21)33/h6-9,12-14,21H,2-5,10-11H2,1H3,(H2,26,27,35)(H,28,32,33). The van der Waals surface area contributed by atoms with E-state index in [-0.39, 0.29) is 30.2 Å². The van der Waals surface area contributed by atoms with Crippen molar-refractivity contribution >= 4 is 34.4 Å². The molecular formula is C25H26N6O4. The highest BCUT2D eigenvalue weighted by molar-refractivity contribution is 5.99. The van der Waals surface area contributed by atoms with Gasteiger partial charge in [-0.25, -0.2) is 4.79 Å². The monoisotopic (exact) mass is 474 g/mol. The number of nitrogens with zero attached hydrogens (tertiary/aromatic N) is 3. The highest BCUT2D eigenvalue weighted by Gasteiger charge is 2.30. The van der Waals surface area contributed by atoms with E-state index in [0.717, 1.165) is 29.6 Å². The molecule has 180 valence electrons. The average molecular weight is 475 g/mol. The quantitative estimate of drug-likeness (QED) is 0.498. The van der Waals surface area contributed by atoms with Crippen LogP contribution >= 0.6 is 0 Å². The zero-order valence-electron chi connectivity index (χ0n) is 19.3. The molecule has 5 rings (SSSR count). The second-order valence-corrected chi connectivity index (χ2v) is 9.09. The van der Waals surface area contributed by atoms with Gasteiger partial charge in [-0.1, -0.05) is 17.3 Å². The Morgan fingerprint density at radius 2 is 1.86 bits per heavy atom. The first-order valence-electron chi connectivity index (χ1n) is 11.8. The number of urea groups is 1. The van der Waals surface area contributed by atoms with E-state index in [2.05, 4.69) is 32.3 Å². The lowest BCUT2D eigenvalue weighted by atomic mass is 9.91. The van der Waals surface area contributed by atoms with Crippen molar-refractivity contribution < 1.29 is 14.4 Å². The first kappa shape index (κ1) is 22.7. The third kappa shape index (κ3) is 4.64. The van der Waals surface area contributed by atoms with Crippen molar-refractivity contribution in [3.63, 3.8) is 0 Å². The first-order chi connectivity index (χ1) is 16.9. The lowest BCUT2D eigenvalue weighted by Crippen LogP contribution is -2.45. The third-order valence-corrected chi connectivity index (χ3v) is 6.67.